The molecule has 0 aromatic heterocycles. The van der Waals surface area contributed by atoms with Crippen molar-refractivity contribution in [2.75, 3.05) is 16.9 Å². The molecule has 0 spiro atoms. The van der Waals surface area contributed by atoms with E-state index in [0.717, 1.165) is 6.42 Å². The maximum absolute atomic E-state index is 12.1. The number of hydrogen-bond donors (Lipinski definition) is 1. The van der Waals surface area contributed by atoms with Gasteiger partial charge in [0.05, 0.1) is 16.3 Å². The van der Waals surface area contributed by atoms with Crippen LogP contribution in [0.15, 0.2) is 29.2 Å². The summed E-state index contributed by atoms with van der Waals surface area (Å²) in [5.41, 5.74) is 0.664. The first-order valence-corrected chi connectivity index (χ1v) is 9.05. The van der Waals surface area contributed by atoms with Crippen molar-refractivity contribution >= 4 is 27.1 Å². The van der Waals surface area contributed by atoms with Gasteiger partial charge in [-0.2, -0.15) is 0 Å². The van der Waals surface area contributed by atoms with Crippen LogP contribution in [0.3, 0.4) is 0 Å². The van der Waals surface area contributed by atoms with Gasteiger partial charge in [-0.1, -0.05) is 39.8 Å². The molecule has 0 amide bonds. The lowest BCUT2D eigenvalue weighted by molar-refractivity contribution is 0.334. The van der Waals surface area contributed by atoms with Gasteiger partial charge in [0.25, 0.3) is 0 Å². The molecule has 0 aliphatic heterocycles. The van der Waals surface area contributed by atoms with E-state index in [1.54, 1.807) is 19.1 Å². The fourth-order valence-corrected chi connectivity index (χ4v) is 3.31. The number of halogens is 1. The minimum atomic E-state index is -3.23. The summed E-state index contributed by atoms with van der Waals surface area (Å²) in [6.45, 7) is 8.02. The van der Waals surface area contributed by atoms with Crippen LogP contribution in [-0.4, -0.2) is 26.1 Å². The number of nitrogens with one attached hydrogen (secondary N) is 1. The van der Waals surface area contributed by atoms with Crippen molar-refractivity contribution in [3.8, 4) is 0 Å². The summed E-state index contributed by atoms with van der Waals surface area (Å²) in [6, 6.07) is 7.18. The van der Waals surface area contributed by atoms with Crippen LogP contribution in [0.2, 0.25) is 0 Å². The summed E-state index contributed by atoms with van der Waals surface area (Å²) in [5, 5.41) is 3.37. The smallest absolute Gasteiger partial charge is 0.180 e. The van der Waals surface area contributed by atoms with Crippen LogP contribution < -0.4 is 5.32 Å². The highest BCUT2D eigenvalue weighted by molar-refractivity contribution is 7.91. The molecule has 3 nitrogen and oxygen atoms in total. The van der Waals surface area contributed by atoms with Crippen molar-refractivity contribution in [1.29, 1.82) is 0 Å². The molecule has 1 unspecified atom stereocenters. The van der Waals surface area contributed by atoms with Gasteiger partial charge in [0.15, 0.2) is 9.84 Å². The van der Waals surface area contributed by atoms with Crippen molar-refractivity contribution < 1.29 is 8.42 Å². The van der Waals surface area contributed by atoms with Gasteiger partial charge in [0.1, 0.15) is 0 Å². The van der Waals surface area contributed by atoms with E-state index in [2.05, 4.69) is 26.1 Å². The van der Waals surface area contributed by atoms with Crippen LogP contribution in [0.4, 0.5) is 5.69 Å². The molecule has 0 aliphatic rings. The Kier molecular flexibility index (Phi) is 5.90. The van der Waals surface area contributed by atoms with E-state index in [1.165, 1.54) is 0 Å². The number of alkyl halides is 1. The zero-order chi connectivity index (χ0) is 15.4. The molecule has 0 heterocycles. The number of para-hydroxylation sites is 1. The average Bonchev–Trinajstić information content (AvgIpc) is 2.37. The van der Waals surface area contributed by atoms with Gasteiger partial charge in [-0.15, -0.1) is 11.6 Å². The van der Waals surface area contributed by atoms with E-state index < -0.39 is 9.84 Å². The molecule has 1 aromatic carbocycles. The molecule has 0 radical (unpaired) electrons. The topological polar surface area (TPSA) is 46.2 Å². The van der Waals surface area contributed by atoms with E-state index in [9.17, 15) is 8.42 Å². The normalized spacial score (nSPS) is 14.1. The average molecular weight is 318 g/mol. The predicted octanol–water partition coefficient (Wildman–Crippen LogP) is 3.94. The lowest BCUT2D eigenvalue weighted by atomic mass is 9.85. The Bertz CT molecular complexity index is 535. The van der Waals surface area contributed by atoms with Crippen LogP contribution in [0.25, 0.3) is 0 Å². The minimum Gasteiger partial charge on any atom is -0.381 e. The first kappa shape index (κ1) is 17.3. The van der Waals surface area contributed by atoms with Crippen LogP contribution in [0, 0.1) is 5.41 Å². The Morgan fingerprint density at radius 3 is 2.35 bits per heavy atom. The predicted molar refractivity (Wildman–Crippen MR) is 86.4 cm³/mol. The van der Waals surface area contributed by atoms with Crippen molar-refractivity contribution in [3.63, 3.8) is 0 Å². The van der Waals surface area contributed by atoms with Crippen LogP contribution >= 0.6 is 11.6 Å². The van der Waals surface area contributed by atoms with Gasteiger partial charge >= 0.3 is 0 Å². The Morgan fingerprint density at radius 1 is 1.25 bits per heavy atom. The van der Waals surface area contributed by atoms with Crippen molar-refractivity contribution in [1.82, 2.24) is 0 Å². The molecule has 0 bridgehead atoms. The molecule has 1 atom stereocenters. The maximum Gasteiger partial charge on any atom is 0.180 e. The molecule has 1 N–H and O–H groups in total. The zero-order valence-electron chi connectivity index (χ0n) is 12.6. The second kappa shape index (κ2) is 6.81. The SMILES string of the molecule is CCS(=O)(=O)c1ccccc1NC(CCCl)C(C)(C)C. The molecule has 1 aromatic rings. The summed E-state index contributed by atoms with van der Waals surface area (Å²) in [7, 11) is -3.23. The summed E-state index contributed by atoms with van der Waals surface area (Å²) in [4.78, 5) is 0.367. The monoisotopic (exact) mass is 317 g/mol. The molecular formula is C15H24ClNO2S. The van der Waals surface area contributed by atoms with Crippen LogP contribution in [-0.2, 0) is 9.84 Å². The number of rotatable bonds is 6. The first-order valence-electron chi connectivity index (χ1n) is 6.86. The molecule has 5 heteroatoms. The second-order valence-electron chi connectivity index (χ2n) is 5.94. The van der Waals surface area contributed by atoms with E-state index in [4.69, 9.17) is 11.6 Å². The molecule has 0 saturated heterocycles. The molecule has 0 aliphatic carbocycles. The highest BCUT2D eigenvalue weighted by Gasteiger charge is 2.26. The largest absolute Gasteiger partial charge is 0.381 e. The van der Waals surface area contributed by atoms with E-state index in [1.807, 2.05) is 12.1 Å². The second-order valence-corrected chi connectivity index (χ2v) is 8.56. The molecule has 20 heavy (non-hydrogen) atoms. The molecule has 0 saturated carbocycles. The van der Waals surface area contributed by atoms with Gasteiger partial charge in [-0.05, 0) is 24.0 Å². The Hall–Kier alpha value is -0.740. The summed E-state index contributed by atoms with van der Waals surface area (Å²) >= 11 is 5.87. The van der Waals surface area contributed by atoms with E-state index in [0.29, 0.717) is 16.5 Å². The fraction of sp³-hybridized carbons (Fsp3) is 0.600. The van der Waals surface area contributed by atoms with Crippen molar-refractivity contribution in [3.05, 3.63) is 24.3 Å². The molecule has 1 rings (SSSR count). The number of benzene rings is 1. The lowest BCUT2D eigenvalue weighted by Crippen LogP contribution is -2.34. The van der Waals surface area contributed by atoms with Crippen molar-refractivity contribution in [2.45, 2.75) is 45.1 Å². The Labute approximate surface area is 127 Å². The van der Waals surface area contributed by atoms with Gasteiger partial charge in [-0.25, -0.2) is 8.42 Å². The van der Waals surface area contributed by atoms with Gasteiger partial charge in [0.2, 0.25) is 0 Å². The molecule has 0 fully saturated rings. The van der Waals surface area contributed by atoms with E-state index >= 15 is 0 Å². The first-order chi connectivity index (χ1) is 9.22. The third-order valence-electron chi connectivity index (χ3n) is 3.38. The highest BCUT2D eigenvalue weighted by atomic mass is 35.5. The summed E-state index contributed by atoms with van der Waals surface area (Å²) in [6.07, 6.45) is 0.783. The number of sulfone groups is 1. The molecule has 114 valence electrons. The quantitative estimate of drug-likeness (QED) is 0.808. The summed E-state index contributed by atoms with van der Waals surface area (Å²) < 4.78 is 24.3. The minimum absolute atomic E-state index is 0.00201. The van der Waals surface area contributed by atoms with Gasteiger partial charge in [0, 0.05) is 11.9 Å². The Balaban J connectivity index is 3.15. The van der Waals surface area contributed by atoms with Gasteiger partial charge in [-0.3, -0.25) is 0 Å². The van der Waals surface area contributed by atoms with Crippen LogP contribution in [0.1, 0.15) is 34.1 Å². The maximum atomic E-state index is 12.1. The van der Waals surface area contributed by atoms with Crippen molar-refractivity contribution in [2.24, 2.45) is 5.41 Å². The standard InChI is InChI=1S/C15H24ClNO2S/c1-5-20(18,19)13-9-7-6-8-12(13)17-14(10-11-16)15(2,3)4/h6-9,14,17H,5,10-11H2,1-4H3. The zero-order valence-corrected chi connectivity index (χ0v) is 14.2. The lowest BCUT2D eigenvalue weighted by Gasteiger charge is -2.32. The van der Waals surface area contributed by atoms with Gasteiger partial charge < -0.3 is 5.32 Å². The molecular weight excluding hydrogens is 294 g/mol. The van der Waals surface area contributed by atoms with Crippen LogP contribution in [0.5, 0.6) is 0 Å². The summed E-state index contributed by atoms with van der Waals surface area (Å²) in [5.74, 6) is 0.638. The number of hydrogen-bond acceptors (Lipinski definition) is 3. The third-order valence-corrected chi connectivity index (χ3v) is 5.38. The number of anilines is 1. The Morgan fingerprint density at radius 2 is 1.85 bits per heavy atom. The highest BCUT2D eigenvalue weighted by Crippen LogP contribution is 2.29. The fourth-order valence-electron chi connectivity index (χ4n) is 2.03. The van der Waals surface area contributed by atoms with E-state index in [-0.39, 0.29) is 17.2 Å². The third kappa shape index (κ3) is 4.38.